The van der Waals surface area contributed by atoms with E-state index in [4.69, 9.17) is 5.73 Å². The fourth-order valence-electron chi connectivity index (χ4n) is 1.12. The summed E-state index contributed by atoms with van der Waals surface area (Å²) in [5.41, 5.74) is 5.94. The average Bonchev–Trinajstić information content (AvgIpc) is 2.58. The highest BCUT2D eigenvalue weighted by atomic mass is 16.5. The lowest BCUT2D eigenvalue weighted by molar-refractivity contribution is 0.0593. The summed E-state index contributed by atoms with van der Waals surface area (Å²) >= 11 is 0. The van der Waals surface area contributed by atoms with Crippen molar-refractivity contribution in [2.45, 2.75) is 6.10 Å². The second kappa shape index (κ2) is 4.21. The van der Waals surface area contributed by atoms with E-state index in [-0.39, 0.29) is 12.2 Å². The van der Waals surface area contributed by atoms with Gasteiger partial charge >= 0.3 is 5.97 Å². The van der Waals surface area contributed by atoms with Crippen molar-refractivity contribution in [1.29, 1.82) is 0 Å². The van der Waals surface area contributed by atoms with E-state index in [1.165, 1.54) is 17.9 Å². The number of hydrogen-bond acceptors (Lipinski definition) is 5. The van der Waals surface area contributed by atoms with Gasteiger partial charge < -0.3 is 15.6 Å². The van der Waals surface area contributed by atoms with E-state index in [2.05, 4.69) is 9.84 Å². The number of aliphatic hydroxyl groups excluding tert-OH is 1. The van der Waals surface area contributed by atoms with Gasteiger partial charge in [0.25, 0.3) is 0 Å². The van der Waals surface area contributed by atoms with Crippen LogP contribution in [-0.2, 0) is 11.8 Å². The van der Waals surface area contributed by atoms with Crippen LogP contribution in [0, 0.1) is 0 Å². The Morgan fingerprint density at radius 2 is 2.50 bits per heavy atom. The number of carbonyl (C=O) groups excluding carboxylic acids is 1. The second-order valence-electron chi connectivity index (χ2n) is 2.82. The molecule has 1 aromatic heterocycles. The zero-order valence-electron chi connectivity index (χ0n) is 8.10. The number of aryl methyl sites for hydroxylation is 1. The minimum Gasteiger partial charge on any atom is -0.464 e. The Hall–Kier alpha value is -1.40. The second-order valence-corrected chi connectivity index (χ2v) is 2.82. The lowest BCUT2D eigenvalue weighted by atomic mass is 10.2. The van der Waals surface area contributed by atoms with Gasteiger partial charge in [-0.2, -0.15) is 5.10 Å². The lowest BCUT2D eigenvalue weighted by Gasteiger charge is -2.06. The molecule has 0 fully saturated rings. The van der Waals surface area contributed by atoms with Gasteiger partial charge in [0.05, 0.1) is 12.8 Å². The summed E-state index contributed by atoms with van der Waals surface area (Å²) in [5, 5.41) is 13.3. The first-order valence-electron chi connectivity index (χ1n) is 4.10. The Morgan fingerprint density at radius 1 is 1.86 bits per heavy atom. The van der Waals surface area contributed by atoms with E-state index in [1.54, 1.807) is 7.05 Å². The number of rotatable bonds is 3. The third kappa shape index (κ3) is 1.91. The minimum absolute atomic E-state index is 0.0835. The van der Waals surface area contributed by atoms with E-state index in [0.29, 0.717) is 5.69 Å². The molecule has 78 valence electrons. The van der Waals surface area contributed by atoms with Crippen molar-refractivity contribution in [3.05, 3.63) is 17.5 Å². The number of methoxy groups -OCH3 is 1. The zero-order chi connectivity index (χ0) is 10.7. The molecular formula is C8H13N3O3. The molecule has 0 amide bonds. The number of esters is 1. The van der Waals surface area contributed by atoms with E-state index in [9.17, 15) is 9.90 Å². The molecule has 0 spiro atoms. The number of nitrogens with two attached hydrogens (primary N) is 1. The lowest BCUT2D eigenvalue weighted by Crippen LogP contribution is -2.14. The SMILES string of the molecule is COC(=O)c1cc([C@@H](O)CN)n(C)n1. The first-order valence-corrected chi connectivity index (χ1v) is 4.10. The van der Waals surface area contributed by atoms with E-state index in [1.807, 2.05) is 0 Å². The molecule has 0 saturated carbocycles. The summed E-state index contributed by atoms with van der Waals surface area (Å²) in [6, 6.07) is 1.46. The van der Waals surface area contributed by atoms with Crippen molar-refractivity contribution >= 4 is 5.97 Å². The molecule has 1 rings (SSSR count). The highest BCUT2D eigenvalue weighted by Gasteiger charge is 2.16. The molecule has 6 nitrogen and oxygen atoms in total. The van der Waals surface area contributed by atoms with Crippen molar-refractivity contribution in [3.63, 3.8) is 0 Å². The van der Waals surface area contributed by atoms with E-state index >= 15 is 0 Å². The van der Waals surface area contributed by atoms with Crippen molar-refractivity contribution in [2.24, 2.45) is 12.8 Å². The standard InChI is InChI=1S/C8H13N3O3/c1-11-6(7(12)4-9)3-5(10-11)8(13)14-2/h3,7,12H,4,9H2,1-2H3/t7-/m0/s1. The number of nitrogens with zero attached hydrogens (tertiary/aromatic N) is 2. The highest BCUT2D eigenvalue weighted by Crippen LogP contribution is 2.12. The van der Waals surface area contributed by atoms with Gasteiger partial charge in [0, 0.05) is 13.6 Å². The van der Waals surface area contributed by atoms with Gasteiger partial charge in [-0.25, -0.2) is 4.79 Å². The third-order valence-corrected chi connectivity index (χ3v) is 1.88. The van der Waals surface area contributed by atoms with Crippen LogP contribution in [-0.4, -0.2) is 34.5 Å². The van der Waals surface area contributed by atoms with Crippen LogP contribution in [0.3, 0.4) is 0 Å². The van der Waals surface area contributed by atoms with Crippen LogP contribution in [0.4, 0.5) is 0 Å². The molecule has 0 aliphatic carbocycles. The van der Waals surface area contributed by atoms with Gasteiger partial charge in [0.1, 0.15) is 6.10 Å². The van der Waals surface area contributed by atoms with Crippen molar-refractivity contribution in [1.82, 2.24) is 9.78 Å². The summed E-state index contributed by atoms with van der Waals surface area (Å²) < 4.78 is 5.90. The maximum atomic E-state index is 11.1. The monoisotopic (exact) mass is 199 g/mol. The Balaban J connectivity index is 2.98. The smallest absolute Gasteiger partial charge is 0.358 e. The molecule has 0 saturated heterocycles. The molecule has 0 aliphatic heterocycles. The zero-order valence-corrected chi connectivity index (χ0v) is 8.10. The van der Waals surface area contributed by atoms with Gasteiger partial charge in [-0.3, -0.25) is 4.68 Å². The van der Waals surface area contributed by atoms with Gasteiger partial charge in [0.15, 0.2) is 5.69 Å². The molecule has 0 unspecified atom stereocenters. The third-order valence-electron chi connectivity index (χ3n) is 1.88. The molecule has 14 heavy (non-hydrogen) atoms. The largest absolute Gasteiger partial charge is 0.464 e. The number of aliphatic hydroxyl groups is 1. The van der Waals surface area contributed by atoms with Gasteiger partial charge in [-0.1, -0.05) is 0 Å². The maximum Gasteiger partial charge on any atom is 0.358 e. The summed E-state index contributed by atoms with van der Waals surface area (Å²) in [5.74, 6) is -0.531. The van der Waals surface area contributed by atoms with E-state index in [0.717, 1.165) is 0 Å². The maximum absolute atomic E-state index is 11.1. The first kappa shape index (κ1) is 10.7. The van der Waals surface area contributed by atoms with E-state index < -0.39 is 12.1 Å². The van der Waals surface area contributed by atoms with Gasteiger partial charge in [0.2, 0.25) is 0 Å². The van der Waals surface area contributed by atoms with Crippen molar-refractivity contribution in [2.75, 3.05) is 13.7 Å². The molecule has 3 N–H and O–H groups in total. The molecule has 0 aromatic carbocycles. The van der Waals surface area contributed by atoms with Crippen LogP contribution in [0.15, 0.2) is 6.07 Å². The summed E-state index contributed by atoms with van der Waals surface area (Å²) in [7, 11) is 2.90. The molecule has 0 bridgehead atoms. The average molecular weight is 199 g/mol. The van der Waals surface area contributed by atoms with Crippen LogP contribution in [0.2, 0.25) is 0 Å². The quantitative estimate of drug-likeness (QED) is 0.622. The molecule has 1 heterocycles. The topological polar surface area (TPSA) is 90.4 Å². The number of aromatic nitrogens is 2. The molecule has 1 aromatic rings. The summed E-state index contributed by atoms with van der Waals surface area (Å²) in [6.45, 7) is 0.0835. The van der Waals surface area contributed by atoms with Crippen molar-refractivity contribution < 1.29 is 14.6 Å². The fourth-order valence-corrected chi connectivity index (χ4v) is 1.12. The number of carbonyl (C=O) groups is 1. The van der Waals surface area contributed by atoms with Crippen LogP contribution >= 0.6 is 0 Å². The van der Waals surface area contributed by atoms with Crippen molar-refractivity contribution in [3.8, 4) is 0 Å². The van der Waals surface area contributed by atoms with Gasteiger partial charge in [-0.15, -0.1) is 0 Å². The fraction of sp³-hybridized carbons (Fsp3) is 0.500. The Kier molecular flexibility index (Phi) is 3.21. The molecule has 1 atom stereocenters. The molecular weight excluding hydrogens is 186 g/mol. The number of ether oxygens (including phenoxy) is 1. The summed E-state index contributed by atoms with van der Waals surface area (Å²) in [4.78, 5) is 11.1. The molecule has 0 aliphatic rings. The molecule has 6 heteroatoms. The predicted octanol–water partition coefficient (Wildman–Crippen LogP) is -0.801. The highest BCUT2D eigenvalue weighted by molar-refractivity contribution is 5.87. The summed E-state index contributed by atoms with van der Waals surface area (Å²) in [6.07, 6.45) is -0.814. The van der Waals surface area contributed by atoms with Crippen LogP contribution < -0.4 is 5.73 Å². The van der Waals surface area contributed by atoms with Crippen LogP contribution in [0.1, 0.15) is 22.3 Å². The Labute approximate surface area is 81.3 Å². The Bertz CT molecular complexity index is 335. The Morgan fingerprint density at radius 3 is 3.00 bits per heavy atom. The molecule has 0 radical (unpaired) electrons. The predicted molar refractivity (Wildman–Crippen MR) is 48.6 cm³/mol. The number of hydrogen-bond donors (Lipinski definition) is 2. The van der Waals surface area contributed by atoms with Crippen LogP contribution in [0.5, 0.6) is 0 Å². The van der Waals surface area contributed by atoms with Crippen LogP contribution in [0.25, 0.3) is 0 Å². The minimum atomic E-state index is -0.814. The van der Waals surface area contributed by atoms with Gasteiger partial charge in [-0.05, 0) is 6.07 Å². The normalized spacial score (nSPS) is 12.6. The first-order chi connectivity index (χ1) is 6.60.